The Bertz CT molecular complexity index is 331. The lowest BCUT2D eigenvalue weighted by Crippen LogP contribution is -2.26. The van der Waals surface area contributed by atoms with Gasteiger partial charge in [-0.15, -0.1) is 12.4 Å². The second kappa shape index (κ2) is 4.86. The number of aromatic hydroxyl groups is 1. The number of benzene rings is 1. The Hall–Kier alpha value is -0.730. The molecule has 1 rings (SSSR count). The van der Waals surface area contributed by atoms with E-state index in [1.165, 1.54) is 0 Å². The number of hydrogen-bond donors (Lipinski definition) is 2. The van der Waals surface area contributed by atoms with Crippen molar-refractivity contribution in [1.29, 1.82) is 0 Å². The molecule has 0 saturated carbocycles. The Labute approximate surface area is 97.9 Å². The fraction of sp³-hybridized carbons (Fsp3) is 0.500. The summed E-state index contributed by atoms with van der Waals surface area (Å²) in [6.45, 7) is 8.15. The summed E-state index contributed by atoms with van der Waals surface area (Å²) in [5, 5.41) is 9.75. The first kappa shape index (κ1) is 14.3. The van der Waals surface area contributed by atoms with Crippen molar-refractivity contribution in [1.82, 2.24) is 0 Å². The Kier molecular flexibility index (Phi) is 4.63. The number of phenolic OH excluding ortho intramolecular Hbond substituents is 1. The largest absolute Gasteiger partial charge is 0.508 e. The van der Waals surface area contributed by atoms with E-state index in [0.717, 1.165) is 11.1 Å². The van der Waals surface area contributed by atoms with E-state index >= 15 is 0 Å². The van der Waals surface area contributed by atoms with Gasteiger partial charge < -0.3 is 10.8 Å². The van der Waals surface area contributed by atoms with Crippen LogP contribution in [-0.4, -0.2) is 5.11 Å². The zero-order valence-electron chi connectivity index (χ0n) is 9.74. The third-order valence-electron chi connectivity index (χ3n) is 2.45. The minimum absolute atomic E-state index is 0. The maximum atomic E-state index is 9.75. The molecule has 0 bridgehead atoms. The van der Waals surface area contributed by atoms with Gasteiger partial charge in [0.15, 0.2) is 0 Å². The van der Waals surface area contributed by atoms with Crippen LogP contribution in [0.25, 0.3) is 0 Å². The second-order valence-electron chi connectivity index (χ2n) is 4.91. The number of phenols is 1. The summed E-state index contributed by atoms with van der Waals surface area (Å²) in [5.74, 6) is 0.299. The average Bonchev–Trinajstić information content (AvgIpc) is 2.01. The number of aryl methyl sites for hydroxylation is 1. The molecule has 0 spiro atoms. The fourth-order valence-electron chi connectivity index (χ4n) is 1.38. The number of hydrogen-bond acceptors (Lipinski definition) is 2. The molecule has 3 heteroatoms. The zero-order chi connectivity index (χ0) is 10.9. The molecule has 1 aromatic rings. The van der Waals surface area contributed by atoms with Gasteiger partial charge >= 0.3 is 0 Å². The SMILES string of the molecule is Cc1ccc([C@H](N)C(C)(C)C)c(O)c1.Cl. The van der Waals surface area contributed by atoms with Gasteiger partial charge in [-0.1, -0.05) is 32.9 Å². The minimum Gasteiger partial charge on any atom is -0.508 e. The van der Waals surface area contributed by atoms with Gasteiger partial charge in [0.25, 0.3) is 0 Å². The predicted octanol–water partition coefficient (Wildman–Crippen LogP) is 3.17. The third-order valence-corrected chi connectivity index (χ3v) is 2.45. The topological polar surface area (TPSA) is 46.2 Å². The fourth-order valence-corrected chi connectivity index (χ4v) is 1.38. The quantitative estimate of drug-likeness (QED) is 0.777. The molecule has 3 N–H and O–H groups in total. The van der Waals surface area contributed by atoms with Crippen molar-refractivity contribution >= 4 is 12.4 Å². The zero-order valence-corrected chi connectivity index (χ0v) is 10.6. The smallest absolute Gasteiger partial charge is 0.120 e. The highest BCUT2D eigenvalue weighted by Gasteiger charge is 2.24. The highest BCUT2D eigenvalue weighted by atomic mass is 35.5. The van der Waals surface area contributed by atoms with Gasteiger partial charge in [0, 0.05) is 11.6 Å². The monoisotopic (exact) mass is 229 g/mol. The standard InChI is InChI=1S/C12H19NO.ClH/c1-8-5-6-9(10(14)7-8)11(13)12(2,3)4;/h5-7,11,14H,13H2,1-4H3;1H/t11-;/m0./s1. The van der Waals surface area contributed by atoms with Gasteiger partial charge in [0.1, 0.15) is 5.75 Å². The van der Waals surface area contributed by atoms with Crippen molar-refractivity contribution in [2.45, 2.75) is 33.7 Å². The summed E-state index contributed by atoms with van der Waals surface area (Å²) >= 11 is 0. The number of halogens is 1. The molecule has 0 saturated heterocycles. The van der Waals surface area contributed by atoms with Crippen molar-refractivity contribution < 1.29 is 5.11 Å². The lowest BCUT2D eigenvalue weighted by Gasteiger charge is -2.28. The Morgan fingerprint density at radius 1 is 1.27 bits per heavy atom. The molecule has 0 fully saturated rings. The van der Waals surface area contributed by atoms with Crippen LogP contribution in [0.1, 0.15) is 37.9 Å². The third kappa shape index (κ3) is 3.40. The van der Waals surface area contributed by atoms with E-state index < -0.39 is 0 Å². The minimum atomic E-state index is -0.136. The van der Waals surface area contributed by atoms with E-state index in [0.29, 0.717) is 5.75 Å². The van der Waals surface area contributed by atoms with Crippen molar-refractivity contribution in [3.8, 4) is 5.75 Å². The molecule has 86 valence electrons. The van der Waals surface area contributed by atoms with E-state index in [2.05, 4.69) is 20.8 Å². The van der Waals surface area contributed by atoms with E-state index in [9.17, 15) is 5.11 Å². The molecule has 0 unspecified atom stereocenters. The van der Waals surface area contributed by atoms with Crippen molar-refractivity contribution in [3.05, 3.63) is 29.3 Å². The Morgan fingerprint density at radius 2 is 1.80 bits per heavy atom. The molecule has 15 heavy (non-hydrogen) atoms. The summed E-state index contributed by atoms with van der Waals surface area (Å²) in [4.78, 5) is 0. The van der Waals surface area contributed by atoms with Gasteiger partial charge in [-0.25, -0.2) is 0 Å². The van der Waals surface area contributed by atoms with E-state index in [4.69, 9.17) is 5.73 Å². The average molecular weight is 230 g/mol. The molecule has 0 aliphatic rings. The summed E-state index contributed by atoms with van der Waals surface area (Å²) in [6.07, 6.45) is 0. The molecule has 0 aromatic heterocycles. The predicted molar refractivity (Wildman–Crippen MR) is 66.5 cm³/mol. The highest BCUT2D eigenvalue weighted by Crippen LogP contribution is 2.35. The Balaban J connectivity index is 0.00000196. The maximum absolute atomic E-state index is 9.75. The molecule has 0 aliphatic heterocycles. The van der Waals surface area contributed by atoms with Crippen molar-refractivity contribution in [2.24, 2.45) is 11.1 Å². The van der Waals surface area contributed by atoms with Crippen LogP contribution in [0.4, 0.5) is 0 Å². The molecule has 0 amide bonds. The normalized spacial score (nSPS) is 13.1. The van der Waals surface area contributed by atoms with Gasteiger partial charge in [-0.2, -0.15) is 0 Å². The summed E-state index contributed by atoms with van der Waals surface area (Å²) < 4.78 is 0. The molecular weight excluding hydrogens is 210 g/mol. The van der Waals surface area contributed by atoms with Crippen molar-refractivity contribution in [2.75, 3.05) is 0 Å². The summed E-state index contributed by atoms with van der Waals surface area (Å²) in [6, 6.07) is 5.49. The van der Waals surface area contributed by atoms with Crippen LogP contribution in [-0.2, 0) is 0 Å². The van der Waals surface area contributed by atoms with Crippen molar-refractivity contribution in [3.63, 3.8) is 0 Å². The van der Waals surface area contributed by atoms with Crippen LogP contribution < -0.4 is 5.73 Å². The van der Waals surface area contributed by atoms with Gasteiger partial charge in [0.2, 0.25) is 0 Å². The first-order chi connectivity index (χ1) is 6.32. The maximum Gasteiger partial charge on any atom is 0.120 e. The highest BCUT2D eigenvalue weighted by molar-refractivity contribution is 5.85. The second-order valence-corrected chi connectivity index (χ2v) is 4.91. The van der Waals surface area contributed by atoms with Crippen LogP contribution in [0, 0.1) is 12.3 Å². The van der Waals surface area contributed by atoms with Crippen LogP contribution in [0.2, 0.25) is 0 Å². The van der Waals surface area contributed by atoms with Gasteiger partial charge in [-0.3, -0.25) is 0 Å². The van der Waals surface area contributed by atoms with Crippen LogP contribution in [0.3, 0.4) is 0 Å². The first-order valence-electron chi connectivity index (χ1n) is 4.87. The van der Waals surface area contributed by atoms with E-state index in [1.807, 2.05) is 19.1 Å². The molecule has 1 aromatic carbocycles. The number of rotatable bonds is 1. The lowest BCUT2D eigenvalue weighted by atomic mass is 9.82. The van der Waals surface area contributed by atoms with E-state index in [-0.39, 0.29) is 23.9 Å². The molecule has 2 nitrogen and oxygen atoms in total. The van der Waals surface area contributed by atoms with Gasteiger partial charge in [0.05, 0.1) is 0 Å². The molecule has 0 heterocycles. The molecular formula is C12H20ClNO. The molecule has 1 atom stereocenters. The number of nitrogens with two attached hydrogens (primary N) is 1. The van der Waals surface area contributed by atoms with Crippen LogP contribution in [0.5, 0.6) is 5.75 Å². The molecule has 0 aliphatic carbocycles. The summed E-state index contributed by atoms with van der Waals surface area (Å²) in [7, 11) is 0. The Morgan fingerprint density at radius 3 is 2.20 bits per heavy atom. The van der Waals surface area contributed by atoms with Gasteiger partial charge in [-0.05, 0) is 24.0 Å². The summed E-state index contributed by atoms with van der Waals surface area (Å²) in [5.41, 5.74) is 7.90. The first-order valence-corrected chi connectivity index (χ1v) is 4.87. The lowest BCUT2D eigenvalue weighted by molar-refractivity contribution is 0.317. The van der Waals surface area contributed by atoms with E-state index in [1.54, 1.807) is 6.07 Å². The van der Waals surface area contributed by atoms with Crippen LogP contribution in [0.15, 0.2) is 18.2 Å². The van der Waals surface area contributed by atoms with Crippen LogP contribution >= 0.6 is 12.4 Å². The molecule has 0 radical (unpaired) electrons.